The van der Waals surface area contributed by atoms with Gasteiger partial charge in [0.25, 0.3) is 0 Å². The van der Waals surface area contributed by atoms with Crippen LogP contribution in [0.2, 0.25) is 0 Å². The molecule has 0 spiro atoms. The van der Waals surface area contributed by atoms with Crippen LogP contribution >= 0.6 is 0 Å². The van der Waals surface area contributed by atoms with E-state index >= 15 is 0 Å². The van der Waals surface area contributed by atoms with Crippen LogP contribution in [0.15, 0.2) is 47.6 Å². The summed E-state index contributed by atoms with van der Waals surface area (Å²) in [6.07, 6.45) is 7.50. The van der Waals surface area contributed by atoms with E-state index in [9.17, 15) is 4.39 Å². The van der Waals surface area contributed by atoms with Crippen LogP contribution < -0.4 is 11.1 Å². The number of halogens is 1. The SMILES string of the molecule is B/C(C=C)=C/N=C(\N)NC1(c2ncccc2F)CCC1. The number of hydrogen-bond donors (Lipinski definition) is 2. The Kier molecular flexibility index (Phi) is 4.22. The number of nitrogens with two attached hydrogens (primary N) is 1. The quantitative estimate of drug-likeness (QED) is 0.374. The summed E-state index contributed by atoms with van der Waals surface area (Å²) < 4.78 is 13.9. The van der Waals surface area contributed by atoms with Crippen molar-refractivity contribution in [3.8, 4) is 0 Å². The highest BCUT2D eigenvalue weighted by Crippen LogP contribution is 2.41. The van der Waals surface area contributed by atoms with E-state index in [1.807, 2.05) is 7.85 Å². The zero-order chi connectivity index (χ0) is 14.6. The minimum absolute atomic E-state index is 0.260. The van der Waals surface area contributed by atoms with Gasteiger partial charge in [0.15, 0.2) is 5.96 Å². The van der Waals surface area contributed by atoms with E-state index < -0.39 is 5.54 Å². The third-order valence-corrected chi connectivity index (χ3v) is 3.52. The Labute approximate surface area is 119 Å². The zero-order valence-electron chi connectivity index (χ0n) is 11.6. The molecule has 0 aliphatic heterocycles. The fourth-order valence-corrected chi connectivity index (χ4v) is 2.19. The van der Waals surface area contributed by atoms with Gasteiger partial charge in [0.2, 0.25) is 0 Å². The van der Waals surface area contributed by atoms with Gasteiger partial charge in [0, 0.05) is 12.4 Å². The Morgan fingerprint density at radius 2 is 2.35 bits per heavy atom. The van der Waals surface area contributed by atoms with Gasteiger partial charge < -0.3 is 11.1 Å². The molecule has 1 aromatic heterocycles. The van der Waals surface area contributed by atoms with Crippen molar-refractivity contribution in [1.29, 1.82) is 0 Å². The lowest BCUT2D eigenvalue weighted by molar-refractivity contribution is 0.205. The molecule has 0 bridgehead atoms. The summed E-state index contributed by atoms with van der Waals surface area (Å²) in [5.74, 6) is -0.0544. The van der Waals surface area contributed by atoms with Gasteiger partial charge in [-0.25, -0.2) is 9.38 Å². The number of nitrogens with one attached hydrogen (secondary N) is 1. The monoisotopic (exact) mass is 272 g/mol. The van der Waals surface area contributed by atoms with Crippen molar-refractivity contribution >= 4 is 13.8 Å². The lowest BCUT2D eigenvalue weighted by atomic mass is 9.74. The van der Waals surface area contributed by atoms with Crippen LogP contribution in [0.25, 0.3) is 0 Å². The second-order valence-corrected chi connectivity index (χ2v) is 4.99. The molecule has 0 aromatic carbocycles. The van der Waals surface area contributed by atoms with Crippen LogP contribution in [0, 0.1) is 5.82 Å². The number of rotatable bonds is 4. The van der Waals surface area contributed by atoms with E-state index in [0.717, 1.165) is 24.7 Å². The van der Waals surface area contributed by atoms with Crippen molar-refractivity contribution in [3.63, 3.8) is 0 Å². The molecule has 1 fully saturated rings. The summed E-state index contributed by atoms with van der Waals surface area (Å²) in [4.78, 5) is 8.27. The highest BCUT2D eigenvalue weighted by molar-refractivity contribution is 6.23. The van der Waals surface area contributed by atoms with E-state index in [-0.39, 0.29) is 11.8 Å². The highest BCUT2D eigenvalue weighted by atomic mass is 19.1. The summed E-state index contributed by atoms with van der Waals surface area (Å²) in [5.41, 5.74) is 6.65. The molecule has 1 aliphatic rings. The molecular weight excluding hydrogens is 254 g/mol. The summed E-state index contributed by atoms with van der Waals surface area (Å²) in [7, 11) is 1.88. The predicted octanol–water partition coefficient (Wildman–Crippen LogP) is 1.16. The van der Waals surface area contributed by atoms with E-state index in [0.29, 0.717) is 5.69 Å². The number of aliphatic imine (C=N–C) groups is 1. The van der Waals surface area contributed by atoms with Gasteiger partial charge >= 0.3 is 0 Å². The Bertz CT molecular complexity index is 564. The fourth-order valence-electron chi connectivity index (χ4n) is 2.19. The smallest absolute Gasteiger partial charge is 0.193 e. The molecule has 2 rings (SSSR count). The van der Waals surface area contributed by atoms with Crippen LogP contribution in [0.3, 0.4) is 0 Å². The molecule has 0 saturated heterocycles. The topological polar surface area (TPSA) is 63.3 Å². The number of aromatic nitrogens is 1. The highest BCUT2D eigenvalue weighted by Gasteiger charge is 2.42. The van der Waals surface area contributed by atoms with Crippen molar-refractivity contribution < 1.29 is 4.39 Å². The zero-order valence-corrected chi connectivity index (χ0v) is 11.6. The maximum Gasteiger partial charge on any atom is 0.193 e. The third-order valence-electron chi connectivity index (χ3n) is 3.52. The van der Waals surface area contributed by atoms with Gasteiger partial charge in [-0.15, -0.1) is 0 Å². The third kappa shape index (κ3) is 2.90. The predicted molar refractivity (Wildman–Crippen MR) is 81.3 cm³/mol. The molecule has 1 aromatic rings. The summed E-state index contributed by atoms with van der Waals surface area (Å²) in [6, 6.07) is 3.00. The minimum Gasteiger partial charge on any atom is -0.370 e. The standard InChI is InChI=1S/C14H18BFN4/c1-2-10(15)9-19-13(17)20-14(6-4-7-14)12-11(16)5-3-8-18-12/h2-3,5,8-9H,1,4,6-7,15H2,(H3,17,19,20)/b10-9+. The Balaban J connectivity index is 2.21. The Morgan fingerprint density at radius 1 is 1.60 bits per heavy atom. The molecule has 104 valence electrons. The molecular formula is C14H18BFN4. The van der Waals surface area contributed by atoms with Crippen LogP contribution in [0.4, 0.5) is 4.39 Å². The van der Waals surface area contributed by atoms with E-state index in [2.05, 4.69) is 21.9 Å². The van der Waals surface area contributed by atoms with Crippen LogP contribution in [-0.2, 0) is 5.54 Å². The van der Waals surface area contributed by atoms with Crippen molar-refractivity contribution in [2.45, 2.75) is 24.8 Å². The second kappa shape index (κ2) is 5.90. The Hall–Kier alpha value is -2.11. The fraction of sp³-hybridized carbons (Fsp3) is 0.286. The van der Waals surface area contributed by atoms with Gasteiger partial charge in [-0.05, 0) is 31.4 Å². The molecule has 1 heterocycles. The number of allylic oxidation sites excluding steroid dienone is 2. The molecule has 3 N–H and O–H groups in total. The summed E-state index contributed by atoms with van der Waals surface area (Å²) in [5, 5.41) is 3.11. The summed E-state index contributed by atoms with van der Waals surface area (Å²) in [6.45, 7) is 3.64. The second-order valence-electron chi connectivity index (χ2n) is 4.99. The molecule has 0 radical (unpaired) electrons. The Morgan fingerprint density at radius 3 is 2.90 bits per heavy atom. The minimum atomic E-state index is -0.533. The van der Waals surface area contributed by atoms with Crippen molar-refractivity contribution in [2.75, 3.05) is 0 Å². The largest absolute Gasteiger partial charge is 0.370 e. The van der Waals surface area contributed by atoms with Crippen LogP contribution in [-0.4, -0.2) is 18.8 Å². The van der Waals surface area contributed by atoms with Crippen molar-refractivity contribution in [2.24, 2.45) is 10.7 Å². The maximum absolute atomic E-state index is 13.9. The van der Waals surface area contributed by atoms with E-state index in [1.54, 1.807) is 24.5 Å². The number of pyridine rings is 1. The molecule has 0 atom stereocenters. The van der Waals surface area contributed by atoms with Gasteiger partial charge in [-0.3, -0.25) is 4.98 Å². The lowest BCUT2D eigenvalue weighted by Gasteiger charge is -2.42. The van der Waals surface area contributed by atoms with Gasteiger partial charge in [-0.2, -0.15) is 0 Å². The lowest BCUT2D eigenvalue weighted by Crippen LogP contribution is -2.54. The first-order valence-corrected chi connectivity index (χ1v) is 6.59. The van der Waals surface area contributed by atoms with Crippen LogP contribution in [0.1, 0.15) is 25.0 Å². The van der Waals surface area contributed by atoms with E-state index in [1.165, 1.54) is 6.07 Å². The van der Waals surface area contributed by atoms with Gasteiger partial charge in [-0.1, -0.05) is 18.1 Å². The molecule has 20 heavy (non-hydrogen) atoms. The molecule has 0 unspecified atom stereocenters. The van der Waals surface area contributed by atoms with E-state index in [4.69, 9.17) is 5.73 Å². The molecule has 1 saturated carbocycles. The normalized spacial score (nSPS) is 18.2. The first kappa shape index (κ1) is 14.3. The molecule has 4 nitrogen and oxygen atoms in total. The first-order valence-electron chi connectivity index (χ1n) is 6.59. The van der Waals surface area contributed by atoms with Crippen molar-refractivity contribution in [1.82, 2.24) is 10.3 Å². The maximum atomic E-state index is 13.9. The van der Waals surface area contributed by atoms with Gasteiger partial charge in [0.05, 0.1) is 5.54 Å². The van der Waals surface area contributed by atoms with Crippen molar-refractivity contribution in [3.05, 3.63) is 54.2 Å². The number of guanidine groups is 1. The average Bonchev–Trinajstić information content (AvgIpc) is 2.41. The number of nitrogens with zero attached hydrogens (tertiary/aromatic N) is 2. The molecule has 6 heteroatoms. The van der Waals surface area contributed by atoms with Crippen LogP contribution in [0.5, 0.6) is 0 Å². The molecule has 0 amide bonds. The summed E-state index contributed by atoms with van der Waals surface area (Å²) >= 11 is 0. The number of hydrogen-bond acceptors (Lipinski definition) is 2. The molecule has 1 aliphatic carbocycles. The van der Waals surface area contributed by atoms with Gasteiger partial charge in [0.1, 0.15) is 19.4 Å². The first-order chi connectivity index (χ1) is 9.57. The average molecular weight is 272 g/mol.